The molecule has 1 amide bonds. The van der Waals surface area contributed by atoms with Gasteiger partial charge < -0.3 is 14.5 Å². The zero-order chi connectivity index (χ0) is 30.1. The van der Waals surface area contributed by atoms with Crippen molar-refractivity contribution in [3.05, 3.63) is 66.1 Å². The van der Waals surface area contributed by atoms with Crippen LogP contribution in [0.3, 0.4) is 0 Å². The van der Waals surface area contributed by atoms with E-state index in [1.165, 1.54) is 12.2 Å². The highest BCUT2D eigenvalue weighted by Gasteiger charge is 2.31. The molecule has 4 aromatic rings. The number of alkyl halides is 2. The van der Waals surface area contributed by atoms with E-state index in [1.807, 2.05) is 60.2 Å². The number of nitrogens with zero attached hydrogens (tertiary/aromatic N) is 6. The zero-order valence-electron chi connectivity index (χ0n) is 24.1. The number of likely N-dealkylation sites (tertiary alicyclic amines) is 1. The molecule has 0 spiro atoms. The van der Waals surface area contributed by atoms with Gasteiger partial charge in [0.1, 0.15) is 36.5 Å². The maximum atomic E-state index is 16.5. The lowest BCUT2D eigenvalue weighted by molar-refractivity contribution is -0.126. The van der Waals surface area contributed by atoms with Crippen LogP contribution in [0.25, 0.3) is 32.9 Å². The second-order valence-electron chi connectivity index (χ2n) is 11.1. The first-order valence-electron chi connectivity index (χ1n) is 14.4. The van der Waals surface area contributed by atoms with E-state index in [1.54, 1.807) is 11.1 Å². The lowest BCUT2D eigenvalue weighted by Gasteiger charge is -2.35. The molecule has 2 aromatic carbocycles. The van der Waals surface area contributed by atoms with Crippen LogP contribution in [0.4, 0.5) is 19.0 Å². The summed E-state index contributed by atoms with van der Waals surface area (Å²) in [6.07, 6.45) is 3.42. The third kappa shape index (κ3) is 5.73. The standard InChI is InChI=1S/C32H33F3N6O2/c1-20-6-3-7-21-8-4-9-24(27(20)21)29-28(35)30-25(17-36-29)31(41-14-12-40(13-15-41)26(42)10-5-11-33)38-32(37-30)43-19-23-16-22(34)18-39(23)2/h3-10,17,22-23H,11-16,18-19H2,1-2H3/b10-5+/t22-,23+/m1/s1. The van der Waals surface area contributed by atoms with Crippen LogP contribution in [0.5, 0.6) is 6.01 Å². The Bertz CT molecular complexity index is 1690. The molecule has 2 saturated heterocycles. The number of rotatable bonds is 7. The molecular formula is C32H33F3N6O2. The fourth-order valence-electron chi connectivity index (χ4n) is 6.01. The van der Waals surface area contributed by atoms with Crippen molar-refractivity contribution in [1.29, 1.82) is 0 Å². The topological polar surface area (TPSA) is 74.7 Å². The average Bonchev–Trinajstić information content (AvgIpc) is 3.35. The average molecular weight is 591 g/mol. The fraction of sp³-hybridized carbons (Fsp3) is 0.375. The lowest BCUT2D eigenvalue weighted by Crippen LogP contribution is -2.48. The number of ether oxygens (including phenoxy) is 1. The SMILES string of the molecule is Cc1cccc2cccc(-c3ncc4c(N5CCN(C(=O)/C=C/CF)CC5)nc(OC[C@@H]5C[C@@H](F)CN5C)nc4c3F)c12. The van der Waals surface area contributed by atoms with Gasteiger partial charge in [-0.15, -0.1) is 0 Å². The number of aryl methyl sites for hydroxylation is 1. The molecule has 0 saturated carbocycles. The highest BCUT2D eigenvalue weighted by atomic mass is 19.1. The lowest BCUT2D eigenvalue weighted by atomic mass is 9.97. The van der Waals surface area contributed by atoms with Gasteiger partial charge in [-0.3, -0.25) is 14.7 Å². The molecule has 2 aliphatic heterocycles. The van der Waals surface area contributed by atoms with Crippen molar-refractivity contribution in [2.24, 2.45) is 0 Å². The van der Waals surface area contributed by atoms with Gasteiger partial charge in [-0.1, -0.05) is 36.4 Å². The Morgan fingerprint density at radius 3 is 2.60 bits per heavy atom. The van der Waals surface area contributed by atoms with Gasteiger partial charge >= 0.3 is 6.01 Å². The van der Waals surface area contributed by atoms with Crippen LogP contribution in [0, 0.1) is 12.7 Å². The predicted octanol–water partition coefficient (Wildman–Crippen LogP) is 4.89. The summed E-state index contributed by atoms with van der Waals surface area (Å²) in [6, 6.07) is 11.5. The Morgan fingerprint density at radius 2 is 1.88 bits per heavy atom. The van der Waals surface area contributed by atoms with Gasteiger partial charge in [0.05, 0.1) is 5.39 Å². The molecule has 2 aliphatic rings. The molecule has 2 aromatic heterocycles. The Kier molecular flexibility index (Phi) is 8.16. The largest absolute Gasteiger partial charge is 0.462 e. The van der Waals surface area contributed by atoms with Crippen LogP contribution < -0.4 is 9.64 Å². The van der Waals surface area contributed by atoms with Crippen molar-refractivity contribution in [2.45, 2.75) is 25.6 Å². The maximum Gasteiger partial charge on any atom is 0.319 e. The second-order valence-corrected chi connectivity index (χ2v) is 11.1. The van der Waals surface area contributed by atoms with E-state index in [0.29, 0.717) is 55.9 Å². The third-order valence-corrected chi connectivity index (χ3v) is 8.29. The molecule has 43 heavy (non-hydrogen) atoms. The van der Waals surface area contributed by atoms with Gasteiger partial charge in [0, 0.05) is 56.6 Å². The summed E-state index contributed by atoms with van der Waals surface area (Å²) in [5.74, 6) is -0.404. The number of pyridine rings is 1. The minimum absolute atomic E-state index is 0.00672. The van der Waals surface area contributed by atoms with E-state index in [4.69, 9.17) is 4.74 Å². The first-order valence-corrected chi connectivity index (χ1v) is 14.4. The number of fused-ring (bicyclic) bond motifs is 2. The van der Waals surface area contributed by atoms with Crippen molar-refractivity contribution in [3.63, 3.8) is 0 Å². The van der Waals surface area contributed by atoms with Crippen LogP contribution >= 0.6 is 0 Å². The van der Waals surface area contributed by atoms with Crippen LogP contribution in [0.15, 0.2) is 54.7 Å². The van der Waals surface area contributed by atoms with E-state index in [0.717, 1.165) is 16.3 Å². The fourth-order valence-corrected chi connectivity index (χ4v) is 6.01. The van der Waals surface area contributed by atoms with Crippen LogP contribution in [-0.2, 0) is 4.79 Å². The minimum Gasteiger partial charge on any atom is -0.462 e. The summed E-state index contributed by atoms with van der Waals surface area (Å²) in [7, 11) is 1.84. The maximum absolute atomic E-state index is 16.5. The van der Waals surface area contributed by atoms with Crippen LogP contribution in [-0.4, -0.2) is 95.9 Å². The first-order chi connectivity index (χ1) is 20.8. The highest BCUT2D eigenvalue weighted by molar-refractivity contribution is 6.00. The summed E-state index contributed by atoms with van der Waals surface area (Å²) in [6.45, 7) is 3.36. The normalized spacial score (nSPS) is 19.7. The Hall–Kier alpha value is -4.25. The molecular weight excluding hydrogens is 557 g/mol. The smallest absolute Gasteiger partial charge is 0.319 e. The van der Waals surface area contributed by atoms with E-state index >= 15 is 4.39 Å². The molecule has 4 heterocycles. The van der Waals surface area contributed by atoms with Crippen molar-refractivity contribution in [3.8, 4) is 17.3 Å². The van der Waals surface area contributed by atoms with Gasteiger partial charge in [0.25, 0.3) is 0 Å². The Morgan fingerprint density at radius 1 is 1.12 bits per heavy atom. The molecule has 0 bridgehead atoms. The number of halogens is 3. The number of carbonyl (C=O) groups is 1. The van der Waals surface area contributed by atoms with Crippen LogP contribution in [0.1, 0.15) is 12.0 Å². The minimum atomic E-state index is -0.930. The van der Waals surface area contributed by atoms with Gasteiger partial charge in [-0.25, -0.2) is 13.2 Å². The summed E-state index contributed by atoms with van der Waals surface area (Å²) >= 11 is 0. The van der Waals surface area contributed by atoms with Gasteiger partial charge in [0.2, 0.25) is 5.91 Å². The van der Waals surface area contributed by atoms with Gasteiger partial charge in [-0.2, -0.15) is 9.97 Å². The number of likely N-dealkylation sites (N-methyl/N-ethyl adjacent to an activating group) is 1. The summed E-state index contributed by atoms with van der Waals surface area (Å²) in [4.78, 5) is 31.6. The Labute approximate surface area is 247 Å². The Balaban J connectivity index is 1.39. The number of hydrogen-bond donors (Lipinski definition) is 0. The summed E-state index contributed by atoms with van der Waals surface area (Å²) in [5.41, 5.74) is 1.91. The quantitative estimate of drug-likeness (QED) is 0.284. The molecule has 6 rings (SSSR count). The number of piperazine rings is 1. The van der Waals surface area contributed by atoms with Gasteiger partial charge in [0.15, 0.2) is 5.82 Å². The summed E-state index contributed by atoms with van der Waals surface area (Å²) in [5, 5.41) is 2.31. The molecule has 0 unspecified atom stereocenters. The predicted molar refractivity (Wildman–Crippen MR) is 160 cm³/mol. The monoisotopic (exact) mass is 590 g/mol. The molecule has 2 atom stereocenters. The number of benzene rings is 2. The second kappa shape index (κ2) is 12.2. The van der Waals surface area contributed by atoms with E-state index < -0.39 is 18.7 Å². The van der Waals surface area contributed by atoms with E-state index in [2.05, 4.69) is 15.0 Å². The third-order valence-electron chi connectivity index (χ3n) is 8.29. The number of amides is 1. The van der Waals surface area contributed by atoms with E-state index in [9.17, 15) is 13.6 Å². The number of carbonyl (C=O) groups excluding carboxylic acids is 1. The zero-order valence-corrected chi connectivity index (χ0v) is 24.1. The van der Waals surface area contributed by atoms with Crippen molar-refractivity contribution in [1.82, 2.24) is 24.8 Å². The molecule has 0 aliphatic carbocycles. The van der Waals surface area contributed by atoms with Gasteiger partial charge in [-0.05, 0) is 42.8 Å². The number of hydrogen-bond acceptors (Lipinski definition) is 7. The van der Waals surface area contributed by atoms with Crippen molar-refractivity contribution < 1.29 is 22.7 Å². The number of anilines is 1. The molecule has 224 valence electrons. The molecule has 2 fully saturated rings. The molecule has 0 radical (unpaired) electrons. The molecule has 8 nitrogen and oxygen atoms in total. The van der Waals surface area contributed by atoms with Crippen molar-refractivity contribution in [2.75, 3.05) is 58.0 Å². The number of allylic oxidation sites excluding steroid dienone is 1. The molecule has 11 heteroatoms. The molecule has 0 N–H and O–H groups in total. The number of aromatic nitrogens is 3. The van der Waals surface area contributed by atoms with Crippen LogP contribution in [0.2, 0.25) is 0 Å². The van der Waals surface area contributed by atoms with Crippen molar-refractivity contribution >= 4 is 33.4 Å². The van der Waals surface area contributed by atoms with E-state index in [-0.39, 0.29) is 35.8 Å². The summed E-state index contributed by atoms with van der Waals surface area (Å²) < 4.78 is 49.0. The first kappa shape index (κ1) is 28.9. The highest BCUT2D eigenvalue weighted by Crippen LogP contribution is 2.36.